The van der Waals surface area contributed by atoms with E-state index < -0.39 is 4.92 Å². The van der Waals surface area contributed by atoms with Crippen LogP contribution in [-0.4, -0.2) is 20.6 Å². The Morgan fingerprint density at radius 3 is 2.61 bits per heavy atom. The molecule has 1 heterocycles. The van der Waals surface area contributed by atoms with Crippen LogP contribution in [-0.2, 0) is 11.3 Å². The maximum Gasteiger partial charge on any atom is 0.312 e. The molecule has 0 radical (unpaired) electrons. The van der Waals surface area contributed by atoms with Gasteiger partial charge in [-0.15, -0.1) is 0 Å². The standard InChI is InChI=1S/C16H20N4O3/c1-10-5-6-11(2)14(9-10)17-15(21)7-8-19-13(4)16(20(22)23)12(3)18-19/h5-6,9H,7-8H2,1-4H3,(H,17,21). The van der Waals surface area contributed by atoms with Crippen molar-refractivity contribution in [2.24, 2.45) is 0 Å². The van der Waals surface area contributed by atoms with E-state index >= 15 is 0 Å². The third-order valence-electron chi connectivity index (χ3n) is 3.74. The molecule has 7 heteroatoms. The van der Waals surface area contributed by atoms with Crippen LogP contribution in [0.5, 0.6) is 0 Å². The first-order chi connectivity index (χ1) is 10.8. The van der Waals surface area contributed by atoms with E-state index in [1.54, 1.807) is 13.8 Å². The summed E-state index contributed by atoms with van der Waals surface area (Å²) in [6.07, 6.45) is 0.201. The first-order valence-corrected chi connectivity index (χ1v) is 7.35. The summed E-state index contributed by atoms with van der Waals surface area (Å²) in [7, 11) is 0. The molecule has 0 aliphatic heterocycles. The van der Waals surface area contributed by atoms with Crippen molar-refractivity contribution in [3.63, 3.8) is 0 Å². The van der Waals surface area contributed by atoms with Gasteiger partial charge >= 0.3 is 5.69 Å². The van der Waals surface area contributed by atoms with Crippen LogP contribution in [0.25, 0.3) is 0 Å². The molecule has 23 heavy (non-hydrogen) atoms. The second kappa shape index (κ2) is 6.60. The van der Waals surface area contributed by atoms with Crippen molar-refractivity contribution in [1.29, 1.82) is 0 Å². The third-order valence-corrected chi connectivity index (χ3v) is 3.74. The largest absolute Gasteiger partial charge is 0.326 e. The Bertz CT molecular complexity index is 765. The Balaban J connectivity index is 2.04. The SMILES string of the molecule is Cc1ccc(C)c(NC(=O)CCn2nc(C)c([N+](=O)[O-])c2C)c1. The zero-order chi connectivity index (χ0) is 17.1. The van der Waals surface area contributed by atoms with Gasteiger partial charge in [-0.25, -0.2) is 0 Å². The highest BCUT2D eigenvalue weighted by molar-refractivity contribution is 5.91. The minimum absolute atomic E-state index is 0.0138. The molecular weight excluding hydrogens is 296 g/mol. The minimum Gasteiger partial charge on any atom is -0.326 e. The van der Waals surface area contributed by atoms with Gasteiger partial charge < -0.3 is 5.32 Å². The quantitative estimate of drug-likeness (QED) is 0.678. The number of hydrogen-bond donors (Lipinski definition) is 1. The topological polar surface area (TPSA) is 90.1 Å². The average molecular weight is 316 g/mol. The van der Waals surface area contributed by atoms with Crippen LogP contribution >= 0.6 is 0 Å². The molecule has 7 nitrogen and oxygen atoms in total. The van der Waals surface area contributed by atoms with E-state index in [2.05, 4.69) is 10.4 Å². The van der Waals surface area contributed by atoms with Gasteiger partial charge in [-0.1, -0.05) is 12.1 Å². The number of anilines is 1. The number of nitro groups is 1. The molecule has 1 aromatic carbocycles. The molecule has 0 fully saturated rings. The number of nitrogens with one attached hydrogen (secondary N) is 1. The Hall–Kier alpha value is -2.70. The van der Waals surface area contributed by atoms with Gasteiger partial charge in [-0.05, 0) is 44.9 Å². The predicted molar refractivity (Wildman–Crippen MR) is 87.5 cm³/mol. The molecule has 1 amide bonds. The lowest BCUT2D eigenvalue weighted by Crippen LogP contribution is -2.16. The van der Waals surface area contributed by atoms with E-state index in [9.17, 15) is 14.9 Å². The second-order valence-electron chi connectivity index (χ2n) is 5.62. The van der Waals surface area contributed by atoms with E-state index in [0.29, 0.717) is 17.9 Å². The Morgan fingerprint density at radius 1 is 1.30 bits per heavy atom. The number of benzene rings is 1. The molecule has 0 saturated carbocycles. The molecule has 2 aromatic rings. The summed E-state index contributed by atoms with van der Waals surface area (Å²) in [5.41, 5.74) is 3.69. The van der Waals surface area contributed by atoms with E-state index in [1.807, 2.05) is 32.0 Å². The highest BCUT2D eigenvalue weighted by Gasteiger charge is 2.21. The van der Waals surface area contributed by atoms with Gasteiger partial charge in [0.1, 0.15) is 11.4 Å². The molecule has 0 saturated heterocycles. The molecule has 0 atom stereocenters. The molecule has 2 rings (SSSR count). The van der Waals surface area contributed by atoms with E-state index in [4.69, 9.17) is 0 Å². The van der Waals surface area contributed by atoms with Gasteiger partial charge in [-0.3, -0.25) is 19.6 Å². The number of aromatic nitrogens is 2. The van der Waals surface area contributed by atoms with Crippen molar-refractivity contribution in [3.05, 3.63) is 50.8 Å². The minimum atomic E-state index is -0.440. The Kier molecular flexibility index (Phi) is 4.78. The van der Waals surface area contributed by atoms with Gasteiger partial charge in [0.2, 0.25) is 5.91 Å². The number of hydrogen-bond acceptors (Lipinski definition) is 4. The van der Waals surface area contributed by atoms with E-state index in [-0.39, 0.29) is 18.0 Å². The maximum atomic E-state index is 12.1. The maximum absolute atomic E-state index is 12.1. The van der Waals surface area contributed by atoms with E-state index in [0.717, 1.165) is 16.8 Å². The molecule has 1 N–H and O–H groups in total. The van der Waals surface area contributed by atoms with Crippen LogP contribution < -0.4 is 5.32 Å². The number of rotatable bonds is 5. The molecular formula is C16H20N4O3. The predicted octanol–water partition coefficient (Wildman–Crippen LogP) is 3.05. The lowest BCUT2D eigenvalue weighted by Gasteiger charge is -2.09. The Morgan fingerprint density at radius 2 is 2.00 bits per heavy atom. The number of aryl methyl sites for hydroxylation is 4. The van der Waals surface area contributed by atoms with Crippen LogP contribution in [0.15, 0.2) is 18.2 Å². The van der Waals surface area contributed by atoms with Gasteiger partial charge in [0.05, 0.1) is 11.5 Å². The summed E-state index contributed by atoms with van der Waals surface area (Å²) >= 11 is 0. The molecule has 0 aliphatic rings. The Labute approximate surface area is 134 Å². The molecule has 0 bridgehead atoms. The summed E-state index contributed by atoms with van der Waals surface area (Å²) in [6.45, 7) is 7.43. The van der Waals surface area contributed by atoms with Crippen molar-refractivity contribution in [2.45, 2.75) is 40.7 Å². The number of carbonyl (C=O) groups is 1. The van der Waals surface area contributed by atoms with Crippen molar-refractivity contribution in [1.82, 2.24) is 9.78 Å². The van der Waals surface area contributed by atoms with Crippen molar-refractivity contribution in [2.75, 3.05) is 5.32 Å². The number of nitrogens with zero attached hydrogens (tertiary/aromatic N) is 3. The molecule has 0 spiro atoms. The average Bonchev–Trinajstić information content (AvgIpc) is 2.75. The fourth-order valence-electron chi connectivity index (χ4n) is 2.46. The molecule has 122 valence electrons. The number of carbonyl (C=O) groups excluding carboxylic acids is 1. The lowest BCUT2D eigenvalue weighted by molar-refractivity contribution is -0.386. The van der Waals surface area contributed by atoms with Crippen molar-refractivity contribution < 1.29 is 9.72 Å². The fourth-order valence-corrected chi connectivity index (χ4v) is 2.46. The van der Waals surface area contributed by atoms with Crippen LogP contribution in [0.1, 0.15) is 28.9 Å². The van der Waals surface area contributed by atoms with Gasteiger partial charge in [0.25, 0.3) is 0 Å². The summed E-state index contributed by atoms with van der Waals surface area (Å²) in [6, 6.07) is 5.86. The molecule has 0 aliphatic carbocycles. The second-order valence-corrected chi connectivity index (χ2v) is 5.62. The monoisotopic (exact) mass is 316 g/mol. The molecule has 1 aromatic heterocycles. The number of amides is 1. The highest BCUT2D eigenvalue weighted by Crippen LogP contribution is 2.22. The van der Waals surface area contributed by atoms with Gasteiger partial charge in [-0.2, -0.15) is 5.10 Å². The lowest BCUT2D eigenvalue weighted by atomic mass is 10.1. The first-order valence-electron chi connectivity index (χ1n) is 7.35. The van der Waals surface area contributed by atoms with Gasteiger partial charge in [0.15, 0.2) is 0 Å². The van der Waals surface area contributed by atoms with Crippen molar-refractivity contribution >= 4 is 17.3 Å². The van der Waals surface area contributed by atoms with Crippen LogP contribution in [0, 0.1) is 37.8 Å². The van der Waals surface area contributed by atoms with Crippen LogP contribution in [0.2, 0.25) is 0 Å². The smallest absolute Gasteiger partial charge is 0.312 e. The highest BCUT2D eigenvalue weighted by atomic mass is 16.6. The normalized spacial score (nSPS) is 10.6. The summed E-state index contributed by atoms with van der Waals surface area (Å²) in [5, 5.41) is 18.0. The summed E-state index contributed by atoms with van der Waals surface area (Å²) in [4.78, 5) is 22.6. The third kappa shape index (κ3) is 3.74. The first kappa shape index (κ1) is 16.7. The fraction of sp³-hybridized carbons (Fsp3) is 0.375. The zero-order valence-electron chi connectivity index (χ0n) is 13.7. The zero-order valence-corrected chi connectivity index (χ0v) is 13.7. The molecule has 0 unspecified atom stereocenters. The van der Waals surface area contributed by atoms with Gasteiger partial charge in [0, 0.05) is 12.1 Å². The van der Waals surface area contributed by atoms with Crippen molar-refractivity contribution in [3.8, 4) is 0 Å². The summed E-state index contributed by atoms with van der Waals surface area (Å²) in [5.74, 6) is -0.145. The van der Waals surface area contributed by atoms with Crippen LogP contribution in [0.4, 0.5) is 11.4 Å². The van der Waals surface area contributed by atoms with E-state index in [1.165, 1.54) is 4.68 Å². The summed E-state index contributed by atoms with van der Waals surface area (Å²) < 4.78 is 1.51. The van der Waals surface area contributed by atoms with Crippen LogP contribution in [0.3, 0.4) is 0 Å².